The molecule has 0 saturated heterocycles. The Bertz CT molecular complexity index is 811. The maximum atomic E-state index is 13.5. The largest absolute Gasteiger partial charge is 0.494 e. The molecule has 2 N–H and O–H groups in total. The number of amides is 2. The smallest absolute Gasteiger partial charge is 0.243 e. The van der Waals surface area contributed by atoms with Crippen molar-refractivity contribution in [3.05, 3.63) is 59.4 Å². The van der Waals surface area contributed by atoms with E-state index < -0.39 is 35.6 Å². The van der Waals surface area contributed by atoms with Gasteiger partial charge in [-0.05, 0) is 37.6 Å². The SMILES string of the molecule is Cc1ccc(OCCCC(=O)NCC(=O)Nc2ccc(F)c(F)c2F)cc1. The fourth-order valence-corrected chi connectivity index (χ4v) is 2.14. The van der Waals surface area contributed by atoms with Gasteiger partial charge in [0.15, 0.2) is 17.5 Å². The highest BCUT2D eigenvalue weighted by molar-refractivity contribution is 5.94. The molecule has 8 heteroatoms. The Morgan fingerprint density at radius 2 is 1.67 bits per heavy atom. The molecule has 0 aromatic heterocycles. The summed E-state index contributed by atoms with van der Waals surface area (Å²) in [6, 6.07) is 9.08. The lowest BCUT2D eigenvalue weighted by Gasteiger charge is -2.09. The Labute approximate surface area is 154 Å². The summed E-state index contributed by atoms with van der Waals surface area (Å²) < 4.78 is 44.9. The zero-order valence-corrected chi connectivity index (χ0v) is 14.7. The zero-order valence-electron chi connectivity index (χ0n) is 14.7. The zero-order chi connectivity index (χ0) is 19.8. The normalized spacial score (nSPS) is 10.4. The van der Waals surface area contributed by atoms with Gasteiger partial charge >= 0.3 is 0 Å². The molecule has 0 saturated carbocycles. The van der Waals surface area contributed by atoms with Gasteiger partial charge in [0.2, 0.25) is 11.8 Å². The van der Waals surface area contributed by atoms with Crippen molar-refractivity contribution in [3.63, 3.8) is 0 Å². The first-order valence-corrected chi connectivity index (χ1v) is 8.26. The molecule has 2 amide bonds. The summed E-state index contributed by atoms with van der Waals surface area (Å²) in [6.07, 6.45) is 0.581. The topological polar surface area (TPSA) is 67.4 Å². The van der Waals surface area contributed by atoms with Gasteiger partial charge in [-0.25, -0.2) is 13.2 Å². The van der Waals surface area contributed by atoms with Crippen LogP contribution in [0, 0.1) is 24.4 Å². The Kier molecular flexibility index (Phi) is 7.22. The highest BCUT2D eigenvalue weighted by Crippen LogP contribution is 2.19. The molecule has 5 nitrogen and oxygen atoms in total. The molecule has 2 aromatic carbocycles. The number of hydrogen-bond acceptors (Lipinski definition) is 3. The summed E-state index contributed by atoms with van der Waals surface area (Å²) in [6.45, 7) is 1.88. The minimum Gasteiger partial charge on any atom is -0.494 e. The molecule has 0 unspecified atom stereocenters. The van der Waals surface area contributed by atoms with Crippen molar-refractivity contribution in [1.29, 1.82) is 0 Å². The number of nitrogens with one attached hydrogen (secondary N) is 2. The van der Waals surface area contributed by atoms with Crippen molar-refractivity contribution >= 4 is 17.5 Å². The number of carbonyl (C=O) groups excluding carboxylic acids is 2. The molecule has 0 heterocycles. The van der Waals surface area contributed by atoms with Crippen LogP contribution in [0.1, 0.15) is 18.4 Å². The number of aryl methyl sites for hydroxylation is 1. The van der Waals surface area contributed by atoms with Gasteiger partial charge in [-0.3, -0.25) is 9.59 Å². The Morgan fingerprint density at radius 3 is 2.37 bits per heavy atom. The molecule has 0 atom stereocenters. The third kappa shape index (κ3) is 6.32. The van der Waals surface area contributed by atoms with E-state index in [2.05, 4.69) is 10.6 Å². The quantitative estimate of drug-likeness (QED) is 0.545. The molecule has 27 heavy (non-hydrogen) atoms. The molecule has 2 rings (SSSR count). The molecule has 2 aromatic rings. The predicted molar refractivity (Wildman–Crippen MR) is 93.9 cm³/mol. The van der Waals surface area contributed by atoms with E-state index in [1.54, 1.807) is 0 Å². The first kappa shape index (κ1) is 20.3. The van der Waals surface area contributed by atoms with Gasteiger partial charge in [0.25, 0.3) is 0 Å². The van der Waals surface area contributed by atoms with E-state index >= 15 is 0 Å². The second-order valence-electron chi connectivity index (χ2n) is 5.81. The standard InChI is InChI=1S/C19H19F3N2O3/c1-12-4-6-13(7-5-12)27-10-2-3-16(25)23-11-17(26)24-15-9-8-14(20)18(21)19(15)22/h4-9H,2-3,10-11H2,1H3,(H,23,25)(H,24,26). The Morgan fingerprint density at radius 1 is 0.963 bits per heavy atom. The summed E-state index contributed by atoms with van der Waals surface area (Å²) in [5.41, 5.74) is 0.614. The van der Waals surface area contributed by atoms with E-state index in [1.807, 2.05) is 31.2 Å². The molecule has 0 aliphatic carbocycles. The van der Waals surface area contributed by atoms with Crippen molar-refractivity contribution in [2.24, 2.45) is 0 Å². The molecular formula is C19H19F3N2O3. The Balaban J connectivity index is 1.67. The van der Waals surface area contributed by atoms with Crippen molar-refractivity contribution in [2.45, 2.75) is 19.8 Å². The van der Waals surface area contributed by atoms with Gasteiger partial charge in [0.05, 0.1) is 18.8 Å². The van der Waals surface area contributed by atoms with Crippen LogP contribution in [-0.2, 0) is 9.59 Å². The third-order valence-corrected chi connectivity index (χ3v) is 3.59. The number of ether oxygens (including phenoxy) is 1. The van der Waals surface area contributed by atoms with Crippen LogP contribution >= 0.6 is 0 Å². The van der Waals surface area contributed by atoms with Crippen LogP contribution < -0.4 is 15.4 Å². The minimum atomic E-state index is -1.68. The van der Waals surface area contributed by atoms with Gasteiger partial charge in [-0.2, -0.15) is 0 Å². The number of benzene rings is 2. The maximum Gasteiger partial charge on any atom is 0.243 e. The number of carbonyl (C=O) groups is 2. The van der Waals surface area contributed by atoms with Crippen LogP contribution in [0.4, 0.5) is 18.9 Å². The molecule has 0 spiro atoms. The fraction of sp³-hybridized carbons (Fsp3) is 0.263. The van der Waals surface area contributed by atoms with Crippen molar-refractivity contribution in [3.8, 4) is 5.75 Å². The van der Waals surface area contributed by atoms with Crippen LogP contribution in [0.3, 0.4) is 0 Å². The highest BCUT2D eigenvalue weighted by Gasteiger charge is 2.15. The molecular weight excluding hydrogens is 361 g/mol. The van der Waals surface area contributed by atoms with Crippen LogP contribution in [0.25, 0.3) is 0 Å². The monoisotopic (exact) mass is 380 g/mol. The van der Waals surface area contributed by atoms with Gasteiger partial charge in [0, 0.05) is 6.42 Å². The van der Waals surface area contributed by atoms with Gasteiger partial charge in [-0.15, -0.1) is 0 Å². The third-order valence-electron chi connectivity index (χ3n) is 3.59. The summed E-state index contributed by atoms with van der Waals surface area (Å²) in [7, 11) is 0. The second-order valence-corrected chi connectivity index (χ2v) is 5.81. The summed E-state index contributed by atoms with van der Waals surface area (Å²) in [5, 5.41) is 4.42. The lowest BCUT2D eigenvalue weighted by Crippen LogP contribution is -2.33. The summed E-state index contributed by atoms with van der Waals surface area (Å²) in [5.74, 6) is -4.97. The molecule has 0 radical (unpaired) electrons. The van der Waals surface area contributed by atoms with Crippen LogP contribution in [0.2, 0.25) is 0 Å². The van der Waals surface area contributed by atoms with Gasteiger partial charge in [-0.1, -0.05) is 17.7 Å². The number of rotatable bonds is 8. The fourth-order valence-electron chi connectivity index (χ4n) is 2.14. The lowest BCUT2D eigenvalue weighted by molar-refractivity contribution is -0.124. The summed E-state index contributed by atoms with van der Waals surface area (Å²) >= 11 is 0. The lowest BCUT2D eigenvalue weighted by atomic mass is 10.2. The summed E-state index contributed by atoms with van der Waals surface area (Å²) in [4.78, 5) is 23.4. The van der Waals surface area contributed by atoms with E-state index in [1.165, 1.54) is 0 Å². The Hall–Kier alpha value is -3.03. The second kappa shape index (κ2) is 9.61. The van der Waals surface area contributed by atoms with Crippen LogP contribution in [0.5, 0.6) is 5.75 Å². The van der Waals surface area contributed by atoms with E-state index in [-0.39, 0.29) is 12.3 Å². The number of hydrogen-bond donors (Lipinski definition) is 2. The van der Waals surface area contributed by atoms with E-state index in [0.717, 1.165) is 11.6 Å². The molecule has 0 bridgehead atoms. The van der Waals surface area contributed by atoms with Gasteiger partial charge < -0.3 is 15.4 Å². The van der Waals surface area contributed by atoms with E-state index in [4.69, 9.17) is 4.74 Å². The number of halogens is 3. The molecule has 0 aliphatic heterocycles. The van der Waals surface area contributed by atoms with E-state index in [0.29, 0.717) is 24.8 Å². The van der Waals surface area contributed by atoms with Gasteiger partial charge in [0.1, 0.15) is 5.75 Å². The molecule has 0 aliphatic rings. The molecule has 144 valence electrons. The first-order valence-electron chi connectivity index (χ1n) is 8.26. The average molecular weight is 380 g/mol. The van der Waals surface area contributed by atoms with Crippen molar-refractivity contribution < 1.29 is 27.5 Å². The van der Waals surface area contributed by atoms with Crippen LogP contribution in [0.15, 0.2) is 36.4 Å². The van der Waals surface area contributed by atoms with E-state index in [9.17, 15) is 22.8 Å². The van der Waals surface area contributed by atoms with Crippen molar-refractivity contribution in [1.82, 2.24) is 5.32 Å². The average Bonchev–Trinajstić information content (AvgIpc) is 2.65. The highest BCUT2D eigenvalue weighted by atomic mass is 19.2. The predicted octanol–water partition coefficient (Wildman–Crippen LogP) is 3.33. The molecule has 0 fully saturated rings. The van der Waals surface area contributed by atoms with Crippen LogP contribution in [-0.4, -0.2) is 25.0 Å². The maximum absolute atomic E-state index is 13.5. The first-order chi connectivity index (χ1) is 12.9. The minimum absolute atomic E-state index is 0.138. The number of anilines is 1. The van der Waals surface area contributed by atoms with Crippen molar-refractivity contribution in [2.75, 3.05) is 18.5 Å².